The Labute approximate surface area is 137 Å². The molecular formula is C18H21ClN2O. The van der Waals surface area contributed by atoms with Gasteiger partial charge >= 0.3 is 0 Å². The summed E-state index contributed by atoms with van der Waals surface area (Å²) < 4.78 is 0. The molecule has 2 atom stereocenters. The van der Waals surface area contributed by atoms with Crippen molar-refractivity contribution in [3.63, 3.8) is 0 Å². The Morgan fingerprint density at radius 2 is 1.95 bits per heavy atom. The lowest BCUT2D eigenvalue weighted by molar-refractivity contribution is -0.129. The Kier molecular flexibility index (Phi) is 4.37. The lowest BCUT2D eigenvalue weighted by Gasteiger charge is -2.23. The molecule has 2 saturated heterocycles. The highest BCUT2D eigenvalue weighted by Crippen LogP contribution is 2.26. The third-order valence-corrected chi connectivity index (χ3v) is 4.88. The van der Waals surface area contributed by atoms with E-state index < -0.39 is 0 Å². The maximum absolute atomic E-state index is 12.1. The first-order chi connectivity index (χ1) is 10.3. The molecule has 0 bridgehead atoms. The summed E-state index contributed by atoms with van der Waals surface area (Å²) in [6, 6.07) is 15.9. The molecule has 1 amide bonds. The maximum atomic E-state index is 12.1. The molecule has 4 rings (SSSR count). The zero-order valence-corrected chi connectivity index (χ0v) is 13.3. The van der Waals surface area contributed by atoms with E-state index in [1.807, 2.05) is 0 Å². The third kappa shape index (κ3) is 2.71. The molecule has 0 radical (unpaired) electrons. The van der Waals surface area contributed by atoms with E-state index in [2.05, 4.69) is 52.7 Å². The van der Waals surface area contributed by atoms with Crippen molar-refractivity contribution in [1.29, 1.82) is 0 Å². The van der Waals surface area contributed by atoms with Crippen molar-refractivity contribution in [2.45, 2.75) is 31.3 Å². The standard InChI is InChI=1S/C18H20N2O.ClH/c21-18-12-16-17(7-9-19-16)20(18)10-8-13-5-6-14-3-1-2-4-15(14)11-13;/h1-6,11,16-17,19H,7-10,12H2;1H/t16-,17-;/m1./s1. The zero-order chi connectivity index (χ0) is 14.2. The number of likely N-dealkylation sites (tertiary alicyclic amines) is 1. The van der Waals surface area contributed by atoms with Crippen molar-refractivity contribution < 1.29 is 4.79 Å². The molecule has 2 aromatic carbocycles. The van der Waals surface area contributed by atoms with Gasteiger partial charge in [0.1, 0.15) is 0 Å². The molecule has 0 aliphatic carbocycles. The predicted molar refractivity (Wildman–Crippen MR) is 91.4 cm³/mol. The molecule has 0 spiro atoms. The number of carbonyl (C=O) groups excluding carboxylic acids is 1. The van der Waals surface area contributed by atoms with Gasteiger partial charge in [0, 0.05) is 25.0 Å². The fraction of sp³-hybridized carbons (Fsp3) is 0.389. The van der Waals surface area contributed by atoms with E-state index in [9.17, 15) is 4.79 Å². The zero-order valence-electron chi connectivity index (χ0n) is 12.5. The quantitative estimate of drug-likeness (QED) is 0.944. The summed E-state index contributed by atoms with van der Waals surface area (Å²) in [5.74, 6) is 0.318. The summed E-state index contributed by atoms with van der Waals surface area (Å²) in [5.41, 5.74) is 1.32. The fourth-order valence-corrected chi connectivity index (χ4v) is 3.76. The van der Waals surface area contributed by atoms with Crippen LogP contribution in [-0.4, -0.2) is 36.0 Å². The highest BCUT2D eigenvalue weighted by molar-refractivity contribution is 5.85. The first-order valence-electron chi connectivity index (χ1n) is 7.82. The van der Waals surface area contributed by atoms with Crippen molar-refractivity contribution in [2.24, 2.45) is 0 Å². The van der Waals surface area contributed by atoms with Crippen LogP contribution in [0.3, 0.4) is 0 Å². The Hall–Kier alpha value is -1.58. The second-order valence-electron chi connectivity index (χ2n) is 6.14. The van der Waals surface area contributed by atoms with Gasteiger partial charge in [0.15, 0.2) is 0 Å². The number of benzene rings is 2. The molecule has 0 saturated carbocycles. The Balaban J connectivity index is 0.00000144. The van der Waals surface area contributed by atoms with E-state index in [0.29, 0.717) is 24.4 Å². The highest BCUT2D eigenvalue weighted by Gasteiger charge is 2.41. The van der Waals surface area contributed by atoms with E-state index in [0.717, 1.165) is 25.9 Å². The summed E-state index contributed by atoms with van der Waals surface area (Å²) in [7, 11) is 0. The van der Waals surface area contributed by atoms with Gasteiger partial charge in [0.2, 0.25) is 5.91 Å². The fourth-order valence-electron chi connectivity index (χ4n) is 3.76. The largest absolute Gasteiger partial charge is 0.338 e. The molecule has 22 heavy (non-hydrogen) atoms. The second-order valence-corrected chi connectivity index (χ2v) is 6.14. The monoisotopic (exact) mass is 316 g/mol. The van der Waals surface area contributed by atoms with E-state index >= 15 is 0 Å². The van der Waals surface area contributed by atoms with E-state index in [-0.39, 0.29) is 12.4 Å². The van der Waals surface area contributed by atoms with Gasteiger partial charge in [0.25, 0.3) is 0 Å². The molecule has 2 aliphatic rings. The number of nitrogens with zero attached hydrogens (tertiary/aromatic N) is 1. The van der Waals surface area contributed by atoms with Gasteiger partial charge in [-0.2, -0.15) is 0 Å². The van der Waals surface area contributed by atoms with Crippen molar-refractivity contribution in [3.05, 3.63) is 48.0 Å². The van der Waals surface area contributed by atoms with Crippen LogP contribution in [0.2, 0.25) is 0 Å². The number of amides is 1. The summed E-state index contributed by atoms with van der Waals surface area (Å²) in [6.45, 7) is 1.90. The topological polar surface area (TPSA) is 32.3 Å². The van der Waals surface area contributed by atoms with Crippen LogP contribution in [0.1, 0.15) is 18.4 Å². The van der Waals surface area contributed by atoms with Crippen LogP contribution >= 0.6 is 12.4 Å². The van der Waals surface area contributed by atoms with Gasteiger partial charge in [-0.1, -0.05) is 42.5 Å². The van der Waals surface area contributed by atoms with E-state index in [4.69, 9.17) is 0 Å². The van der Waals surface area contributed by atoms with Crippen LogP contribution in [0, 0.1) is 0 Å². The third-order valence-electron chi connectivity index (χ3n) is 4.88. The van der Waals surface area contributed by atoms with Crippen LogP contribution in [0.25, 0.3) is 10.8 Å². The molecular weight excluding hydrogens is 296 g/mol. The van der Waals surface area contributed by atoms with Gasteiger partial charge in [0.05, 0.1) is 0 Å². The Morgan fingerprint density at radius 3 is 2.82 bits per heavy atom. The van der Waals surface area contributed by atoms with Crippen LogP contribution in [-0.2, 0) is 11.2 Å². The van der Waals surface area contributed by atoms with Gasteiger partial charge in [-0.15, -0.1) is 12.4 Å². The maximum Gasteiger partial charge on any atom is 0.224 e. The Morgan fingerprint density at radius 1 is 1.14 bits per heavy atom. The van der Waals surface area contributed by atoms with Crippen LogP contribution < -0.4 is 5.32 Å². The minimum Gasteiger partial charge on any atom is -0.338 e. The Bertz CT molecular complexity index is 688. The van der Waals surface area contributed by atoms with Gasteiger partial charge in [-0.3, -0.25) is 4.79 Å². The van der Waals surface area contributed by atoms with Crippen molar-refractivity contribution in [3.8, 4) is 0 Å². The minimum absolute atomic E-state index is 0. The van der Waals surface area contributed by atoms with Gasteiger partial charge in [-0.05, 0) is 35.7 Å². The lowest BCUT2D eigenvalue weighted by atomic mass is 10.0. The molecule has 4 heteroatoms. The first-order valence-corrected chi connectivity index (χ1v) is 7.82. The average molecular weight is 317 g/mol. The van der Waals surface area contributed by atoms with Crippen molar-refractivity contribution in [2.75, 3.05) is 13.1 Å². The molecule has 2 heterocycles. The highest BCUT2D eigenvalue weighted by atomic mass is 35.5. The van der Waals surface area contributed by atoms with Crippen LogP contribution in [0.15, 0.2) is 42.5 Å². The molecule has 2 aliphatic heterocycles. The first kappa shape index (κ1) is 15.3. The van der Waals surface area contributed by atoms with Crippen molar-refractivity contribution >= 4 is 29.1 Å². The molecule has 0 aromatic heterocycles. The van der Waals surface area contributed by atoms with Crippen LogP contribution in [0.5, 0.6) is 0 Å². The second kappa shape index (κ2) is 6.27. The predicted octanol–water partition coefficient (Wildman–Crippen LogP) is 2.77. The van der Waals surface area contributed by atoms with Gasteiger partial charge in [-0.25, -0.2) is 0 Å². The summed E-state index contributed by atoms with van der Waals surface area (Å²) in [5, 5.41) is 6.00. The molecule has 2 fully saturated rings. The number of hydrogen-bond donors (Lipinski definition) is 1. The van der Waals surface area contributed by atoms with E-state index in [1.165, 1.54) is 16.3 Å². The smallest absolute Gasteiger partial charge is 0.224 e. The lowest BCUT2D eigenvalue weighted by Crippen LogP contribution is -2.37. The normalized spacial score (nSPS) is 23.6. The molecule has 116 valence electrons. The van der Waals surface area contributed by atoms with Crippen molar-refractivity contribution in [1.82, 2.24) is 10.2 Å². The molecule has 0 unspecified atom stereocenters. The minimum atomic E-state index is 0. The molecule has 3 nitrogen and oxygen atoms in total. The number of fused-ring (bicyclic) bond motifs is 2. The summed E-state index contributed by atoms with van der Waals surface area (Å²) in [4.78, 5) is 14.2. The SMILES string of the molecule is Cl.O=C1C[C@H]2NCC[C@H]2N1CCc1ccc2ccccc2c1. The average Bonchev–Trinajstić information content (AvgIpc) is 3.06. The number of rotatable bonds is 3. The number of nitrogens with one attached hydrogen (secondary N) is 1. The molecule has 1 N–H and O–H groups in total. The number of halogens is 1. The van der Waals surface area contributed by atoms with Crippen LogP contribution in [0.4, 0.5) is 0 Å². The number of hydrogen-bond acceptors (Lipinski definition) is 2. The van der Waals surface area contributed by atoms with Gasteiger partial charge < -0.3 is 10.2 Å². The summed E-state index contributed by atoms with van der Waals surface area (Å²) in [6.07, 6.45) is 2.73. The summed E-state index contributed by atoms with van der Waals surface area (Å²) >= 11 is 0. The molecule has 2 aromatic rings. The van der Waals surface area contributed by atoms with E-state index in [1.54, 1.807) is 0 Å². The number of carbonyl (C=O) groups is 1.